The summed E-state index contributed by atoms with van der Waals surface area (Å²) in [6, 6.07) is 12.4. The highest BCUT2D eigenvalue weighted by Crippen LogP contribution is 2.28. The van der Waals surface area contributed by atoms with E-state index in [0.29, 0.717) is 45.9 Å². The van der Waals surface area contributed by atoms with E-state index in [0.717, 1.165) is 11.1 Å². The topological polar surface area (TPSA) is 65.4 Å². The van der Waals surface area contributed by atoms with Gasteiger partial charge in [0.05, 0.1) is 32.0 Å². The van der Waals surface area contributed by atoms with Gasteiger partial charge in [-0.25, -0.2) is 8.78 Å². The number of benzene rings is 2. The number of aliphatic hydroxyl groups is 2. The van der Waals surface area contributed by atoms with Gasteiger partial charge in [-0.15, -0.1) is 0 Å². The maximum atomic E-state index is 13.4. The molecule has 32 heavy (non-hydrogen) atoms. The molecule has 0 spiro atoms. The zero-order valence-electron chi connectivity index (χ0n) is 17.9. The quantitative estimate of drug-likeness (QED) is 0.642. The minimum Gasteiger partial charge on any atom is -0.394 e. The fourth-order valence-corrected chi connectivity index (χ4v) is 4.59. The van der Waals surface area contributed by atoms with Gasteiger partial charge in [-0.05, 0) is 35.4 Å². The van der Waals surface area contributed by atoms with Gasteiger partial charge in [0.25, 0.3) is 0 Å². The maximum absolute atomic E-state index is 13.4. The molecule has 2 aromatic rings. The van der Waals surface area contributed by atoms with E-state index in [-0.39, 0.29) is 30.4 Å². The van der Waals surface area contributed by atoms with Crippen LogP contribution < -0.4 is 0 Å². The number of hydrogen-bond acceptors (Lipinski definition) is 6. The molecule has 2 aliphatic heterocycles. The smallest absolute Gasteiger partial charge is 0.123 e. The summed E-state index contributed by atoms with van der Waals surface area (Å²) < 4.78 is 38.3. The van der Waals surface area contributed by atoms with E-state index in [1.54, 1.807) is 24.3 Å². The number of hydrogen-bond donors (Lipinski definition) is 2. The summed E-state index contributed by atoms with van der Waals surface area (Å²) >= 11 is 0. The Hall–Kier alpha value is -1.94. The average Bonchev–Trinajstić information content (AvgIpc) is 3.12. The molecule has 2 aliphatic rings. The Labute approximate surface area is 187 Å². The molecule has 0 bridgehead atoms. The van der Waals surface area contributed by atoms with Crippen LogP contribution in [0.4, 0.5) is 8.78 Å². The fraction of sp³-hybridized carbons (Fsp3) is 0.500. The van der Waals surface area contributed by atoms with Crippen LogP contribution >= 0.6 is 0 Å². The summed E-state index contributed by atoms with van der Waals surface area (Å²) in [6.45, 7) is 3.87. The van der Waals surface area contributed by atoms with E-state index in [9.17, 15) is 19.0 Å². The van der Waals surface area contributed by atoms with Gasteiger partial charge in [0.2, 0.25) is 0 Å². The molecule has 0 saturated carbocycles. The Morgan fingerprint density at radius 3 is 1.91 bits per heavy atom. The average molecular weight is 449 g/mol. The molecule has 8 heteroatoms. The largest absolute Gasteiger partial charge is 0.394 e. The monoisotopic (exact) mass is 448 g/mol. The Kier molecular flexibility index (Phi) is 7.83. The van der Waals surface area contributed by atoms with E-state index in [4.69, 9.17) is 9.47 Å². The van der Waals surface area contributed by atoms with Crippen LogP contribution in [0, 0.1) is 11.6 Å². The number of rotatable bonds is 8. The van der Waals surface area contributed by atoms with Gasteiger partial charge >= 0.3 is 0 Å². The number of nitrogens with zero attached hydrogens (tertiary/aromatic N) is 2. The molecular weight excluding hydrogens is 418 g/mol. The van der Waals surface area contributed by atoms with Crippen LogP contribution in [0.15, 0.2) is 48.5 Å². The third kappa shape index (κ3) is 5.70. The first kappa shape index (κ1) is 23.2. The number of aliphatic hydroxyl groups excluding tert-OH is 2. The van der Waals surface area contributed by atoms with Crippen molar-refractivity contribution in [1.29, 1.82) is 0 Å². The van der Waals surface area contributed by atoms with Crippen LogP contribution in [-0.4, -0.2) is 83.8 Å². The van der Waals surface area contributed by atoms with Gasteiger partial charge in [0.1, 0.15) is 23.8 Å². The predicted octanol–water partition coefficient (Wildman–Crippen LogP) is 1.79. The lowest BCUT2D eigenvalue weighted by molar-refractivity contribution is -0.0373. The van der Waals surface area contributed by atoms with Crippen molar-refractivity contribution in [3.63, 3.8) is 0 Å². The van der Waals surface area contributed by atoms with Gasteiger partial charge < -0.3 is 19.7 Å². The highest BCUT2D eigenvalue weighted by Gasteiger charge is 2.46. The van der Waals surface area contributed by atoms with Crippen molar-refractivity contribution < 1.29 is 28.5 Å². The van der Waals surface area contributed by atoms with E-state index in [1.807, 2.05) is 0 Å². The molecule has 0 aliphatic carbocycles. The summed E-state index contributed by atoms with van der Waals surface area (Å²) in [6.07, 6.45) is -1.78. The molecule has 174 valence electrons. The zero-order chi connectivity index (χ0) is 22.5. The van der Waals surface area contributed by atoms with E-state index >= 15 is 0 Å². The van der Waals surface area contributed by atoms with Crippen molar-refractivity contribution in [3.8, 4) is 0 Å². The summed E-state index contributed by atoms with van der Waals surface area (Å²) in [5.41, 5.74) is 1.88. The van der Waals surface area contributed by atoms with Crippen molar-refractivity contribution in [2.45, 2.75) is 37.4 Å². The van der Waals surface area contributed by atoms with E-state index in [1.165, 1.54) is 24.3 Å². The summed E-state index contributed by atoms with van der Waals surface area (Å²) in [4.78, 5) is 4.31. The van der Waals surface area contributed by atoms with Crippen LogP contribution in [0.3, 0.4) is 0 Å². The molecule has 0 amide bonds. The second kappa shape index (κ2) is 10.8. The Bertz CT molecular complexity index is 799. The van der Waals surface area contributed by atoms with Gasteiger partial charge in [0, 0.05) is 32.7 Å². The maximum Gasteiger partial charge on any atom is 0.123 e. The molecule has 1 unspecified atom stereocenters. The fourth-order valence-electron chi connectivity index (χ4n) is 4.59. The Morgan fingerprint density at radius 1 is 0.875 bits per heavy atom. The van der Waals surface area contributed by atoms with Crippen LogP contribution in [0.1, 0.15) is 11.1 Å². The van der Waals surface area contributed by atoms with Gasteiger partial charge in [0.15, 0.2) is 0 Å². The van der Waals surface area contributed by atoms with Crippen LogP contribution in [-0.2, 0) is 22.6 Å². The van der Waals surface area contributed by atoms with Crippen molar-refractivity contribution in [1.82, 2.24) is 9.80 Å². The molecule has 2 saturated heterocycles. The molecule has 6 nitrogen and oxygen atoms in total. The van der Waals surface area contributed by atoms with Crippen LogP contribution in [0.2, 0.25) is 0 Å². The number of ether oxygens (including phenoxy) is 2. The Morgan fingerprint density at radius 2 is 1.41 bits per heavy atom. The number of morpholine rings is 1. The SMILES string of the molecule is OC[C@@H]1O[C@H](CN(Cc2ccc(F)cc2)Cc2ccc(F)cc2)C(N2CCOCC2)[C@@H]1O. The molecule has 2 aromatic carbocycles. The lowest BCUT2D eigenvalue weighted by Gasteiger charge is -2.37. The zero-order valence-corrected chi connectivity index (χ0v) is 17.9. The lowest BCUT2D eigenvalue weighted by Crippen LogP contribution is -2.54. The first-order chi connectivity index (χ1) is 15.5. The minimum atomic E-state index is -0.804. The van der Waals surface area contributed by atoms with Crippen molar-refractivity contribution in [2.75, 3.05) is 39.5 Å². The molecule has 0 aromatic heterocycles. The summed E-state index contributed by atoms with van der Waals surface area (Å²) in [7, 11) is 0. The summed E-state index contributed by atoms with van der Waals surface area (Å²) in [5.74, 6) is -0.585. The third-order valence-corrected chi connectivity index (χ3v) is 6.19. The molecule has 0 radical (unpaired) electrons. The second-order valence-corrected chi connectivity index (χ2v) is 8.45. The third-order valence-electron chi connectivity index (χ3n) is 6.19. The van der Waals surface area contributed by atoms with Gasteiger partial charge in [-0.2, -0.15) is 0 Å². The van der Waals surface area contributed by atoms with E-state index < -0.39 is 12.2 Å². The first-order valence-corrected chi connectivity index (χ1v) is 11.0. The minimum absolute atomic E-state index is 0.256. The van der Waals surface area contributed by atoms with Crippen molar-refractivity contribution in [2.24, 2.45) is 0 Å². The highest BCUT2D eigenvalue weighted by atomic mass is 19.1. The van der Waals surface area contributed by atoms with Gasteiger partial charge in [-0.1, -0.05) is 24.3 Å². The van der Waals surface area contributed by atoms with Crippen molar-refractivity contribution in [3.05, 3.63) is 71.3 Å². The van der Waals surface area contributed by atoms with Crippen LogP contribution in [0.25, 0.3) is 0 Å². The van der Waals surface area contributed by atoms with Gasteiger partial charge in [-0.3, -0.25) is 9.80 Å². The molecule has 4 atom stereocenters. The first-order valence-electron chi connectivity index (χ1n) is 11.0. The molecule has 2 heterocycles. The normalized spacial score (nSPS) is 26.7. The molecule has 4 rings (SSSR count). The summed E-state index contributed by atoms with van der Waals surface area (Å²) in [5, 5.41) is 20.6. The predicted molar refractivity (Wildman–Crippen MR) is 115 cm³/mol. The highest BCUT2D eigenvalue weighted by molar-refractivity contribution is 5.18. The van der Waals surface area contributed by atoms with Crippen molar-refractivity contribution >= 4 is 0 Å². The lowest BCUT2D eigenvalue weighted by atomic mass is 10.0. The Balaban J connectivity index is 1.54. The number of halogens is 2. The molecule has 2 N–H and O–H groups in total. The standard InChI is InChI=1S/C24H30F2N2O4/c25-19-5-1-17(2-6-19)13-27(14-18-3-7-20(26)8-4-18)15-21-23(24(30)22(16-29)32-21)28-9-11-31-12-10-28/h1-8,21-24,29-30H,9-16H2/t21-,22+,23?,24-/m1/s1. The van der Waals surface area contributed by atoms with Crippen LogP contribution in [0.5, 0.6) is 0 Å². The molecular formula is C24H30F2N2O4. The second-order valence-electron chi connectivity index (χ2n) is 8.45. The molecule has 2 fully saturated rings. The van der Waals surface area contributed by atoms with E-state index in [2.05, 4.69) is 9.80 Å².